The van der Waals surface area contributed by atoms with Crippen LogP contribution in [-0.2, 0) is 7.05 Å². The normalized spacial score (nSPS) is 24.0. The van der Waals surface area contributed by atoms with Gasteiger partial charge in [-0.1, -0.05) is 17.7 Å². The Morgan fingerprint density at radius 1 is 1.15 bits per heavy atom. The first-order valence-corrected chi connectivity index (χ1v) is 11.8. The average Bonchev–Trinajstić information content (AvgIpc) is 3.24. The van der Waals surface area contributed by atoms with Crippen LogP contribution in [0.1, 0.15) is 40.4 Å². The number of piperidine rings is 3. The largest absolute Gasteiger partial charge is 0.497 e. The Bertz CT molecular complexity index is 1120. The van der Waals surface area contributed by atoms with E-state index in [0.29, 0.717) is 24.4 Å². The van der Waals surface area contributed by atoms with E-state index in [2.05, 4.69) is 40.1 Å². The van der Waals surface area contributed by atoms with Gasteiger partial charge in [0.1, 0.15) is 5.75 Å². The monoisotopic (exact) mass is 444 g/mol. The molecule has 172 valence electrons. The maximum Gasteiger partial charge on any atom is 0.251 e. The van der Waals surface area contributed by atoms with Crippen molar-refractivity contribution in [2.75, 3.05) is 26.7 Å². The van der Waals surface area contributed by atoms with Crippen LogP contribution in [0.25, 0.3) is 11.3 Å². The van der Waals surface area contributed by atoms with Crippen LogP contribution >= 0.6 is 0 Å². The third-order valence-corrected chi connectivity index (χ3v) is 7.37. The summed E-state index contributed by atoms with van der Waals surface area (Å²) in [6, 6.07) is 18.5. The van der Waals surface area contributed by atoms with Gasteiger partial charge in [-0.15, -0.1) is 0 Å². The molecule has 3 aliphatic heterocycles. The number of carbonyl (C=O) groups is 1. The third-order valence-electron chi connectivity index (χ3n) is 7.37. The van der Waals surface area contributed by atoms with E-state index in [1.165, 1.54) is 17.7 Å². The molecule has 0 saturated carbocycles. The number of rotatable bonds is 6. The maximum atomic E-state index is 12.6. The Balaban J connectivity index is 1.24. The molecule has 4 atom stereocenters. The van der Waals surface area contributed by atoms with Crippen molar-refractivity contribution in [3.05, 3.63) is 71.4 Å². The molecular weight excluding hydrogens is 412 g/mol. The van der Waals surface area contributed by atoms with Crippen molar-refractivity contribution >= 4 is 5.91 Å². The zero-order valence-corrected chi connectivity index (χ0v) is 19.6. The summed E-state index contributed by atoms with van der Waals surface area (Å²) in [5.74, 6) is 1.97. The fraction of sp³-hybridized carbons (Fsp3) is 0.407. The van der Waals surface area contributed by atoms with Crippen LogP contribution in [0.2, 0.25) is 0 Å². The Labute approximate surface area is 195 Å². The lowest BCUT2D eigenvalue weighted by atomic mass is 9.74. The van der Waals surface area contributed by atoms with Gasteiger partial charge in [0.25, 0.3) is 5.91 Å². The van der Waals surface area contributed by atoms with Crippen molar-refractivity contribution in [3.8, 4) is 17.0 Å². The zero-order chi connectivity index (χ0) is 22.9. The molecule has 1 N–H and O–H groups in total. The minimum atomic E-state index is 0.0185. The number of amides is 1. The van der Waals surface area contributed by atoms with E-state index in [0.717, 1.165) is 42.1 Å². The predicted octanol–water partition coefficient (Wildman–Crippen LogP) is 4.01. The number of nitrogens with one attached hydrogen (secondary N) is 1. The molecule has 3 fully saturated rings. The first-order chi connectivity index (χ1) is 16.0. The number of hydrogen-bond donors (Lipinski definition) is 1. The minimum Gasteiger partial charge on any atom is -0.497 e. The van der Waals surface area contributed by atoms with Gasteiger partial charge in [-0.3, -0.25) is 14.4 Å². The van der Waals surface area contributed by atoms with E-state index < -0.39 is 0 Å². The Kier molecular flexibility index (Phi) is 5.94. The average molecular weight is 445 g/mol. The molecule has 0 radical (unpaired) electrons. The molecular formula is C27H32N4O2. The molecule has 6 heteroatoms. The molecule has 1 aromatic heterocycles. The van der Waals surface area contributed by atoms with Crippen molar-refractivity contribution in [3.63, 3.8) is 0 Å². The highest BCUT2D eigenvalue weighted by molar-refractivity contribution is 5.94. The smallest absolute Gasteiger partial charge is 0.251 e. The number of nitrogens with zero attached hydrogens (tertiary/aromatic N) is 3. The van der Waals surface area contributed by atoms with Gasteiger partial charge < -0.3 is 10.1 Å². The predicted molar refractivity (Wildman–Crippen MR) is 130 cm³/mol. The summed E-state index contributed by atoms with van der Waals surface area (Å²) < 4.78 is 7.34. The number of aromatic nitrogens is 2. The van der Waals surface area contributed by atoms with Crippen molar-refractivity contribution in [2.45, 2.75) is 31.7 Å². The molecule has 6 nitrogen and oxygen atoms in total. The van der Waals surface area contributed by atoms with Crippen LogP contribution in [0.5, 0.6) is 5.75 Å². The number of methoxy groups -OCH3 is 1. The lowest BCUT2D eigenvalue weighted by Crippen LogP contribution is -2.56. The Morgan fingerprint density at radius 3 is 2.58 bits per heavy atom. The lowest BCUT2D eigenvalue weighted by Gasteiger charge is -2.50. The quantitative estimate of drug-likeness (QED) is 0.624. The van der Waals surface area contributed by atoms with E-state index in [-0.39, 0.29) is 5.91 Å². The van der Waals surface area contributed by atoms with Gasteiger partial charge in [0.05, 0.1) is 12.8 Å². The van der Waals surface area contributed by atoms with E-state index >= 15 is 0 Å². The highest BCUT2D eigenvalue weighted by Crippen LogP contribution is 2.42. The van der Waals surface area contributed by atoms with Gasteiger partial charge >= 0.3 is 0 Å². The molecule has 3 saturated heterocycles. The zero-order valence-electron chi connectivity index (χ0n) is 19.6. The van der Waals surface area contributed by atoms with E-state index in [1.54, 1.807) is 7.11 Å². The van der Waals surface area contributed by atoms with Crippen molar-refractivity contribution in [1.29, 1.82) is 0 Å². The second kappa shape index (κ2) is 9.02. The first kappa shape index (κ1) is 21.7. The van der Waals surface area contributed by atoms with Crippen molar-refractivity contribution in [1.82, 2.24) is 20.0 Å². The van der Waals surface area contributed by atoms with Crippen LogP contribution in [0.4, 0.5) is 0 Å². The van der Waals surface area contributed by atoms with Crippen LogP contribution < -0.4 is 10.1 Å². The fourth-order valence-electron chi connectivity index (χ4n) is 5.43. The molecule has 3 aromatic rings. The summed E-state index contributed by atoms with van der Waals surface area (Å²) in [6.45, 7) is 4.87. The van der Waals surface area contributed by atoms with E-state index in [9.17, 15) is 4.79 Å². The van der Waals surface area contributed by atoms with Crippen LogP contribution in [0.15, 0.2) is 54.6 Å². The second-order valence-corrected chi connectivity index (χ2v) is 9.42. The standard InChI is InChI=1S/C27H32N4O2/c1-18-4-6-20(7-5-18)27(32)28-16-22-14-21-12-13-31(22)17-24(21)26-15-25(29-30(26)2)19-8-10-23(33-3)11-9-19/h4-11,15,21-22,24H,12-14,16-17H2,1-3H3,(H,28,32)/t21-,22-,24+/m1/s1. The highest BCUT2D eigenvalue weighted by Gasteiger charge is 2.41. The second-order valence-electron chi connectivity index (χ2n) is 9.42. The van der Waals surface area contributed by atoms with Crippen molar-refractivity contribution in [2.24, 2.45) is 13.0 Å². The number of ether oxygens (including phenoxy) is 1. The SMILES string of the molecule is COc1ccc(-c2cc([C@H]3CN4CC[C@@H]3C[C@@H]4CNC(=O)c3ccc(C)cc3)n(C)n2)cc1. The molecule has 1 unspecified atom stereocenters. The van der Waals surface area contributed by atoms with Gasteiger partial charge in [0.2, 0.25) is 0 Å². The summed E-state index contributed by atoms with van der Waals surface area (Å²) in [5.41, 5.74) is 5.32. The molecule has 33 heavy (non-hydrogen) atoms. The van der Waals surface area contributed by atoms with Gasteiger partial charge in [0.15, 0.2) is 0 Å². The first-order valence-electron chi connectivity index (χ1n) is 11.8. The molecule has 4 heterocycles. The van der Waals surface area contributed by atoms with Crippen LogP contribution in [-0.4, -0.2) is 53.4 Å². The summed E-state index contributed by atoms with van der Waals surface area (Å²) in [4.78, 5) is 15.1. The van der Waals surface area contributed by atoms with Gasteiger partial charge in [-0.05, 0) is 74.7 Å². The van der Waals surface area contributed by atoms with Gasteiger partial charge in [-0.2, -0.15) is 5.10 Å². The van der Waals surface area contributed by atoms with Gasteiger partial charge in [-0.25, -0.2) is 0 Å². The summed E-state index contributed by atoms with van der Waals surface area (Å²) in [6.07, 6.45) is 2.32. The molecule has 2 aromatic carbocycles. The molecule has 3 aliphatic rings. The topological polar surface area (TPSA) is 59.4 Å². The minimum absolute atomic E-state index is 0.0185. The number of hydrogen-bond acceptors (Lipinski definition) is 4. The number of fused-ring (bicyclic) bond motifs is 3. The lowest BCUT2D eigenvalue weighted by molar-refractivity contribution is 0.0280. The molecule has 0 aliphatic carbocycles. The van der Waals surface area contributed by atoms with Crippen LogP contribution in [0, 0.1) is 12.8 Å². The number of carbonyl (C=O) groups excluding carboxylic acids is 1. The van der Waals surface area contributed by atoms with Crippen LogP contribution in [0.3, 0.4) is 0 Å². The maximum absolute atomic E-state index is 12.6. The van der Waals surface area contributed by atoms with E-state index in [1.807, 2.05) is 43.3 Å². The third kappa shape index (κ3) is 4.40. The Hall–Kier alpha value is -3.12. The summed E-state index contributed by atoms with van der Waals surface area (Å²) in [7, 11) is 3.74. The summed E-state index contributed by atoms with van der Waals surface area (Å²) in [5, 5.41) is 7.98. The molecule has 6 rings (SSSR count). The highest BCUT2D eigenvalue weighted by atomic mass is 16.5. The van der Waals surface area contributed by atoms with Gasteiger partial charge in [0, 0.05) is 48.9 Å². The number of benzene rings is 2. The molecule has 2 bridgehead atoms. The van der Waals surface area contributed by atoms with E-state index in [4.69, 9.17) is 9.84 Å². The Morgan fingerprint density at radius 2 is 1.91 bits per heavy atom. The molecule has 0 spiro atoms. The van der Waals surface area contributed by atoms with Crippen molar-refractivity contribution < 1.29 is 9.53 Å². The fourth-order valence-corrected chi connectivity index (χ4v) is 5.43. The molecule has 1 amide bonds. The number of aryl methyl sites for hydroxylation is 2. The summed E-state index contributed by atoms with van der Waals surface area (Å²) >= 11 is 0.